The number of rotatable bonds is 7. The minimum atomic E-state index is 0.788. The predicted octanol–water partition coefficient (Wildman–Crippen LogP) is 6.48. The lowest BCUT2D eigenvalue weighted by Crippen LogP contribution is -2.16. The number of hydrogen-bond acceptors (Lipinski definition) is 2. The van der Waals surface area contributed by atoms with Crippen molar-refractivity contribution in [1.82, 2.24) is 5.32 Å². The summed E-state index contributed by atoms with van der Waals surface area (Å²) in [6.45, 7) is 1.73. The van der Waals surface area contributed by atoms with Crippen molar-refractivity contribution in [3.63, 3.8) is 0 Å². The molecule has 4 heteroatoms. The molecule has 128 valence electrons. The highest BCUT2D eigenvalue weighted by molar-refractivity contribution is 7.99. The first-order valence-electron chi connectivity index (χ1n) is 8.17. The second kappa shape index (κ2) is 9.30. The number of halogens is 2. The molecule has 0 heterocycles. The van der Waals surface area contributed by atoms with Crippen molar-refractivity contribution in [2.75, 3.05) is 6.54 Å². The van der Waals surface area contributed by atoms with Crippen molar-refractivity contribution in [3.8, 4) is 0 Å². The molecule has 1 N–H and O–H groups in total. The molecule has 0 fully saturated rings. The van der Waals surface area contributed by atoms with Crippen molar-refractivity contribution in [1.29, 1.82) is 0 Å². The molecule has 0 bridgehead atoms. The molecule has 0 spiro atoms. The number of nitrogens with one attached hydrogen (secondary N) is 1. The fourth-order valence-electron chi connectivity index (χ4n) is 2.51. The molecule has 0 aliphatic carbocycles. The first-order valence-corrected chi connectivity index (χ1v) is 9.74. The van der Waals surface area contributed by atoms with Crippen LogP contribution in [0.15, 0.2) is 82.6 Å². The average Bonchev–Trinajstić information content (AvgIpc) is 2.62. The van der Waals surface area contributed by atoms with Crippen molar-refractivity contribution >= 4 is 35.0 Å². The quantitative estimate of drug-likeness (QED) is 0.465. The van der Waals surface area contributed by atoms with Crippen LogP contribution in [0.25, 0.3) is 0 Å². The van der Waals surface area contributed by atoms with Gasteiger partial charge in [0.25, 0.3) is 0 Å². The molecule has 0 radical (unpaired) electrons. The third-order valence-electron chi connectivity index (χ3n) is 3.78. The first kappa shape index (κ1) is 18.3. The average molecular weight is 388 g/mol. The molecule has 0 saturated carbocycles. The predicted molar refractivity (Wildman–Crippen MR) is 109 cm³/mol. The van der Waals surface area contributed by atoms with Gasteiger partial charge >= 0.3 is 0 Å². The molecule has 3 rings (SSSR count). The zero-order valence-electron chi connectivity index (χ0n) is 13.7. The van der Waals surface area contributed by atoms with E-state index in [-0.39, 0.29) is 0 Å². The van der Waals surface area contributed by atoms with Crippen LogP contribution in [0, 0.1) is 0 Å². The van der Waals surface area contributed by atoms with Crippen molar-refractivity contribution in [3.05, 3.63) is 94.0 Å². The minimum absolute atomic E-state index is 0.788. The first-order chi connectivity index (χ1) is 12.2. The van der Waals surface area contributed by atoms with Crippen LogP contribution in [-0.4, -0.2) is 6.54 Å². The van der Waals surface area contributed by atoms with Crippen LogP contribution in [-0.2, 0) is 13.0 Å². The lowest BCUT2D eigenvalue weighted by molar-refractivity contribution is 0.686. The molecule has 0 aliphatic rings. The zero-order valence-corrected chi connectivity index (χ0v) is 16.0. The third-order valence-corrected chi connectivity index (χ3v) is 5.52. The van der Waals surface area contributed by atoms with E-state index >= 15 is 0 Å². The molecule has 0 atom stereocenters. The van der Waals surface area contributed by atoms with Gasteiger partial charge in [-0.25, -0.2) is 0 Å². The van der Waals surface area contributed by atoms with Gasteiger partial charge in [0.05, 0.1) is 5.02 Å². The standard InChI is InChI=1S/C21H19Cl2NS/c22-18-6-4-5-16(13-18)11-12-24-15-17-9-10-20(23)21(14-17)25-19-7-2-1-3-8-19/h1-10,13-14,24H,11-12,15H2. The smallest absolute Gasteiger partial charge is 0.0545 e. The summed E-state index contributed by atoms with van der Waals surface area (Å²) in [6, 6.07) is 24.5. The summed E-state index contributed by atoms with van der Waals surface area (Å²) in [7, 11) is 0. The van der Waals surface area contributed by atoms with Gasteiger partial charge in [0, 0.05) is 21.4 Å². The topological polar surface area (TPSA) is 12.0 Å². The van der Waals surface area contributed by atoms with Gasteiger partial charge < -0.3 is 5.32 Å². The van der Waals surface area contributed by atoms with Gasteiger partial charge in [0.2, 0.25) is 0 Å². The zero-order chi connectivity index (χ0) is 17.5. The highest BCUT2D eigenvalue weighted by Crippen LogP contribution is 2.33. The molecule has 0 saturated heterocycles. The van der Waals surface area contributed by atoms with Crippen LogP contribution in [0.1, 0.15) is 11.1 Å². The van der Waals surface area contributed by atoms with Crippen LogP contribution in [0.4, 0.5) is 0 Å². The summed E-state index contributed by atoms with van der Waals surface area (Å²) in [5, 5.41) is 5.06. The third kappa shape index (κ3) is 5.79. The lowest BCUT2D eigenvalue weighted by Gasteiger charge is -2.09. The van der Waals surface area contributed by atoms with E-state index in [1.165, 1.54) is 16.0 Å². The molecule has 0 aliphatic heterocycles. The molecule has 0 aromatic heterocycles. The largest absolute Gasteiger partial charge is 0.312 e. The number of hydrogen-bond donors (Lipinski definition) is 1. The Morgan fingerprint density at radius 3 is 2.44 bits per heavy atom. The molecular formula is C21H19Cl2NS. The van der Waals surface area contributed by atoms with E-state index in [1.807, 2.05) is 42.5 Å². The summed E-state index contributed by atoms with van der Waals surface area (Å²) in [5.41, 5.74) is 2.48. The Labute approximate surface area is 163 Å². The summed E-state index contributed by atoms with van der Waals surface area (Å²) < 4.78 is 0. The summed E-state index contributed by atoms with van der Waals surface area (Å²) in [5.74, 6) is 0. The molecule has 3 aromatic rings. The van der Waals surface area contributed by atoms with Gasteiger partial charge in [-0.2, -0.15) is 0 Å². The van der Waals surface area contributed by atoms with Crippen LogP contribution < -0.4 is 5.32 Å². The van der Waals surface area contributed by atoms with Crippen LogP contribution in [0.3, 0.4) is 0 Å². The van der Waals surface area contributed by atoms with Gasteiger partial charge in [-0.3, -0.25) is 0 Å². The summed E-state index contributed by atoms with van der Waals surface area (Å²) in [4.78, 5) is 2.28. The van der Waals surface area contributed by atoms with E-state index in [0.717, 1.165) is 34.5 Å². The Kier molecular flexibility index (Phi) is 6.83. The second-order valence-corrected chi connectivity index (χ2v) is 7.70. The monoisotopic (exact) mass is 387 g/mol. The Bertz CT molecular complexity index is 821. The van der Waals surface area contributed by atoms with E-state index in [4.69, 9.17) is 23.2 Å². The maximum atomic E-state index is 6.35. The molecule has 1 nitrogen and oxygen atoms in total. The fraction of sp³-hybridized carbons (Fsp3) is 0.143. The molecule has 3 aromatic carbocycles. The van der Waals surface area contributed by atoms with E-state index < -0.39 is 0 Å². The molecule has 0 amide bonds. The Morgan fingerprint density at radius 1 is 0.800 bits per heavy atom. The van der Waals surface area contributed by atoms with Crippen molar-refractivity contribution < 1.29 is 0 Å². The Morgan fingerprint density at radius 2 is 1.64 bits per heavy atom. The van der Waals surface area contributed by atoms with Crippen molar-refractivity contribution in [2.24, 2.45) is 0 Å². The van der Waals surface area contributed by atoms with E-state index in [0.29, 0.717) is 0 Å². The highest BCUT2D eigenvalue weighted by atomic mass is 35.5. The number of benzene rings is 3. The summed E-state index contributed by atoms with van der Waals surface area (Å²) in [6.07, 6.45) is 0.958. The van der Waals surface area contributed by atoms with Gasteiger partial charge in [-0.15, -0.1) is 0 Å². The highest BCUT2D eigenvalue weighted by Gasteiger charge is 2.05. The Balaban J connectivity index is 1.55. The van der Waals surface area contributed by atoms with Gasteiger partial charge in [0.15, 0.2) is 0 Å². The van der Waals surface area contributed by atoms with Crippen molar-refractivity contribution in [2.45, 2.75) is 22.8 Å². The van der Waals surface area contributed by atoms with E-state index in [9.17, 15) is 0 Å². The van der Waals surface area contributed by atoms with Crippen LogP contribution in [0.2, 0.25) is 10.0 Å². The molecule has 25 heavy (non-hydrogen) atoms. The minimum Gasteiger partial charge on any atom is -0.312 e. The van der Waals surface area contributed by atoms with Crippen LogP contribution >= 0.6 is 35.0 Å². The van der Waals surface area contributed by atoms with E-state index in [1.54, 1.807) is 11.8 Å². The SMILES string of the molecule is Clc1cccc(CCNCc2ccc(Cl)c(Sc3ccccc3)c2)c1. The Hall–Kier alpha value is -1.45. The second-order valence-electron chi connectivity index (χ2n) is 5.74. The fourth-order valence-corrected chi connectivity index (χ4v) is 3.88. The van der Waals surface area contributed by atoms with Gasteiger partial charge in [-0.1, -0.05) is 71.4 Å². The maximum absolute atomic E-state index is 6.35. The molecule has 0 unspecified atom stereocenters. The lowest BCUT2D eigenvalue weighted by atomic mass is 10.1. The maximum Gasteiger partial charge on any atom is 0.0545 e. The van der Waals surface area contributed by atoms with Crippen LogP contribution in [0.5, 0.6) is 0 Å². The normalized spacial score (nSPS) is 10.8. The van der Waals surface area contributed by atoms with Gasteiger partial charge in [-0.05, 0) is 60.5 Å². The van der Waals surface area contributed by atoms with E-state index in [2.05, 4.69) is 35.6 Å². The van der Waals surface area contributed by atoms with Gasteiger partial charge in [0.1, 0.15) is 0 Å². The summed E-state index contributed by atoms with van der Waals surface area (Å²) >= 11 is 14.1. The molecular weight excluding hydrogens is 369 g/mol.